The lowest BCUT2D eigenvalue weighted by molar-refractivity contribution is -0.270. The molecule has 22 nitrogen and oxygen atoms in total. The van der Waals surface area contributed by atoms with E-state index in [-0.39, 0.29) is 16.3 Å². The molecule has 2 aliphatic heterocycles. The number of ether oxygens (including phenoxy) is 10. The van der Waals surface area contributed by atoms with Gasteiger partial charge >= 0.3 is 47.8 Å². The molecule has 2 fully saturated rings. The highest BCUT2D eigenvalue weighted by atomic mass is 35.5. The molecular weight excluding hydrogens is 882 g/mol. The van der Waals surface area contributed by atoms with Gasteiger partial charge in [-0.15, -0.1) is 0 Å². The summed E-state index contributed by atoms with van der Waals surface area (Å²) >= 11 is 6.62. The zero-order valence-electron chi connectivity index (χ0n) is 34.9. The third-order valence-corrected chi connectivity index (χ3v) is 10.1. The molecule has 0 amide bonds. The molecule has 2 saturated heterocycles. The molecular formula is C39H42ClN3O19S. The van der Waals surface area contributed by atoms with E-state index in [9.17, 15) is 48.4 Å². The smallest absolute Gasteiger partial charge is 0.303 e. The maximum atomic E-state index is 15.0. The summed E-state index contributed by atoms with van der Waals surface area (Å²) < 4.78 is 57.0. The van der Waals surface area contributed by atoms with Gasteiger partial charge in [-0.05, 0) is 12.1 Å². The van der Waals surface area contributed by atoms with Crippen LogP contribution in [0.15, 0.2) is 34.2 Å². The van der Waals surface area contributed by atoms with Crippen molar-refractivity contribution in [1.29, 1.82) is 5.26 Å². The van der Waals surface area contributed by atoms with Crippen LogP contribution in [0.25, 0.3) is 11.3 Å². The van der Waals surface area contributed by atoms with Crippen molar-refractivity contribution in [3.05, 3.63) is 45.2 Å². The molecule has 1 aromatic carbocycles. The van der Waals surface area contributed by atoms with E-state index in [4.69, 9.17) is 59.0 Å². The summed E-state index contributed by atoms with van der Waals surface area (Å²) in [6.45, 7) is 6.80. The summed E-state index contributed by atoms with van der Waals surface area (Å²) in [6.07, 6.45) is -15.4. The highest BCUT2D eigenvalue weighted by Crippen LogP contribution is 2.41. The average Bonchev–Trinajstić information content (AvgIpc) is 3.16. The molecule has 0 aliphatic carbocycles. The topological polar surface area (TPSA) is 288 Å². The van der Waals surface area contributed by atoms with Crippen LogP contribution >= 0.6 is 23.4 Å². The zero-order chi connectivity index (χ0) is 46.9. The van der Waals surface area contributed by atoms with E-state index >= 15 is 0 Å². The Morgan fingerprint density at radius 3 is 1.49 bits per heavy atom. The summed E-state index contributed by atoms with van der Waals surface area (Å²) in [4.78, 5) is 119. The number of esters is 8. The minimum absolute atomic E-state index is 0.171. The van der Waals surface area contributed by atoms with Crippen LogP contribution in [-0.2, 0) is 85.7 Å². The average molecular weight is 924 g/mol. The number of nitriles is 1. The number of rotatable bonds is 14. The summed E-state index contributed by atoms with van der Waals surface area (Å²) in [7, 11) is 0. The first-order valence-electron chi connectivity index (χ1n) is 18.7. The number of carbonyl (C=O) groups is 8. The quantitative estimate of drug-likeness (QED) is 0.148. The van der Waals surface area contributed by atoms with E-state index in [0.29, 0.717) is 16.3 Å². The van der Waals surface area contributed by atoms with Crippen LogP contribution in [0.3, 0.4) is 0 Å². The van der Waals surface area contributed by atoms with Crippen molar-refractivity contribution in [3.8, 4) is 17.3 Å². The lowest BCUT2D eigenvalue weighted by Gasteiger charge is -2.45. The Morgan fingerprint density at radius 1 is 0.635 bits per heavy atom. The SMILES string of the molecule is CC(=O)OC[C@H]1O[C@@H](n2c(S[C@@H]3O[C@H](COC(C)=O)[C@H](OC(C)=O)[C@H](OC(C)=O)[C@H]3OC(C)=O)nc(-c3ccc(Cl)cc3)c(C#N)c2=O)[C@H](OC(C)=O)[C@@H](OC(C)=O)[C@H]1OC(C)=O. The van der Waals surface area contributed by atoms with Crippen molar-refractivity contribution in [2.24, 2.45) is 0 Å². The Hall–Kier alpha value is -6.09. The highest BCUT2D eigenvalue weighted by Gasteiger charge is 2.56. The largest absolute Gasteiger partial charge is 0.463 e. The molecule has 0 bridgehead atoms. The summed E-state index contributed by atoms with van der Waals surface area (Å²) in [5, 5.41) is 10.3. The fourth-order valence-corrected chi connectivity index (χ4v) is 7.86. The van der Waals surface area contributed by atoms with Gasteiger partial charge in [-0.1, -0.05) is 35.5 Å². The van der Waals surface area contributed by atoms with E-state index in [1.807, 2.05) is 6.07 Å². The molecule has 2 aromatic rings. The fourth-order valence-electron chi connectivity index (χ4n) is 6.54. The minimum atomic E-state index is -2.00. The number of carbonyl (C=O) groups excluding carboxylic acids is 8. The van der Waals surface area contributed by atoms with Gasteiger partial charge in [0, 0.05) is 66.0 Å². The molecule has 0 spiro atoms. The highest BCUT2D eigenvalue weighted by molar-refractivity contribution is 7.99. The van der Waals surface area contributed by atoms with Crippen LogP contribution in [0, 0.1) is 11.3 Å². The number of halogens is 1. The molecule has 10 atom stereocenters. The van der Waals surface area contributed by atoms with Crippen LogP contribution in [0.4, 0.5) is 0 Å². The van der Waals surface area contributed by atoms with Gasteiger partial charge < -0.3 is 47.4 Å². The molecule has 0 saturated carbocycles. The minimum Gasteiger partial charge on any atom is -0.463 e. The molecule has 0 radical (unpaired) electrons. The summed E-state index contributed by atoms with van der Waals surface area (Å²) in [5.41, 5.74) is -3.55. The maximum absolute atomic E-state index is 15.0. The van der Waals surface area contributed by atoms with Crippen molar-refractivity contribution in [2.75, 3.05) is 13.2 Å². The van der Waals surface area contributed by atoms with Crippen molar-refractivity contribution in [1.82, 2.24) is 9.55 Å². The second-order valence-corrected chi connectivity index (χ2v) is 15.2. The van der Waals surface area contributed by atoms with E-state index in [1.54, 1.807) is 0 Å². The second-order valence-electron chi connectivity index (χ2n) is 13.7. The number of hydrogen-bond donors (Lipinski definition) is 0. The first kappa shape index (κ1) is 49.6. The molecule has 1 aromatic heterocycles. The van der Waals surface area contributed by atoms with Gasteiger partial charge in [0.2, 0.25) is 0 Å². The normalized spacial score (nSPS) is 25.2. The number of nitrogens with zero attached hydrogens (tertiary/aromatic N) is 3. The van der Waals surface area contributed by atoms with Gasteiger partial charge in [-0.25, -0.2) is 4.98 Å². The summed E-state index contributed by atoms with van der Waals surface area (Å²) in [5.74, 6) is -7.39. The first-order chi connectivity index (χ1) is 29.6. The van der Waals surface area contributed by atoms with Gasteiger partial charge in [0.15, 0.2) is 53.4 Å². The second kappa shape index (κ2) is 21.8. The lowest BCUT2D eigenvalue weighted by atomic mass is 9.97. The lowest BCUT2D eigenvalue weighted by Crippen LogP contribution is -2.62. The standard InChI is InChI=1S/C39H42ClN3O19S/c1-16(44)53-14-27-30(55-18(3)46)32(57-20(5)48)34(59-22(7)50)37(61-27)43-36(52)26(13-41)29(24-9-11-25(40)12-10-24)42-39(43)63-38-35(60-23(8)51)33(58-21(6)49)31(56-19(4)47)28(62-38)15-54-17(2)45/h9-12,27-28,30-35,37-38H,14-15H2,1-8H3/t27-,28-,30+,31+,32+,33+,34-,35-,37-,38+/m1/s1. The Balaban J connectivity index is 2.10. The Morgan fingerprint density at radius 2 is 1.05 bits per heavy atom. The Kier molecular flexibility index (Phi) is 17.2. The third-order valence-electron chi connectivity index (χ3n) is 8.70. The number of aromatic nitrogens is 2. The van der Waals surface area contributed by atoms with Gasteiger partial charge in [0.25, 0.3) is 5.56 Å². The molecule has 340 valence electrons. The molecule has 3 heterocycles. The van der Waals surface area contributed by atoms with Crippen molar-refractivity contribution in [2.45, 2.75) is 121 Å². The Labute approximate surface area is 367 Å². The Bertz CT molecular complexity index is 2210. The van der Waals surface area contributed by atoms with Gasteiger partial charge in [-0.3, -0.25) is 47.7 Å². The predicted octanol–water partition coefficient (Wildman–Crippen LogP) is 1.87. The van der Waals surface area contributed by atoms with E-state index < -0.39 is 138 Å². The van der Waals surface area contributed by atoms with Crippen molar-refractivity contribution >= 4 is 71.1 Å². The van der Waals surface area contributed by atoms with Crippen LogP contribution < -0.4 is 5.56 Å². The van der Waals surface area contributed by atoms with E-state index in [0.717, 1.165) is 55.4 Å². The van der Waals surface area contributed by atoms with E-state index in [2.05, 4.69) is 4.98 Å². The third kappa shape index (κ3) is 13.0. The zero-order valence-corrected chi connectivity index (χ0v) is 36.5. The first-order valence-corrected chi connectivity index (χ1v) is 20.0. The van der Waals surface area contributed by atoms with Gasteiger partial charge in [0.1, 0.15) is 37.1 Å². The van der Waals surface area contributed by atoms with Gasteiger partial charge in [-0.2, -0.15) is 5.26 Å². The number of benzene rings is 1. The monoisotopic (exact) mass is 923 g/mol. The molecule has 24 heteroatoms. The van der Waals surface area contributed by atoms with Crippen LogP contribution in [0.5, 0.6) is 0 Å². The predicted molar refractivity (Wildman–Crippen MR) is 209 cm³/mol. The molecule has 0 unspecified atom stereocenters. The van der Waals surface area contributed by atoms with Crippen LogP contribution in [-0.4, -0.2) is 125 Å². The molecule has 2 aliphatic rings. The van der Waals surface area contributed by atoms with Crippen LogP contribution in [0.2, 0.25) is 5.02 Å². The summed E-state index contributed by atoms with van der Waals surface area (Å²) in [6, 6.07) is 7.57. The van der Waals surface area contributed by atoms with Crippen LogP contribution in [0.1, 0.15) is 67.2 Å². The van der Waals surface area contributed by atoms with Crippen molar-refractivity contribution < 1.29 is 85.7 Å². The van der Waals surface area contributed by atoms with Crippen molar-refractivity contribution in [3.63, 3.8) is 0 Å². The number of hydrogen-bond acceptors (Lipinski definition) is 22. The van der Waals surface area contributed by atoms with E-state index in [1.165, 1.54) is 24.3 Å². The molecule has 4 rings (SSSR count). The number of thioether (sulfide) groups is 1. The molecule has 0 N–H and O–H groups in total. The maximum Gasteiger partial charge on any atom is 0.303 e. The van der Waals surface area contributed by atoms with Gasteiger partial charge in [0.05, 0.1) is 5.69 Å². The fraction of sp³-hybridized carbons (Fsp3) is 0.513. The molecule has 63 heavy (non-hydrogen) atoms.